The lowest BCUT2D eigenvalue weighted by Crippen LogP contribution is -2.40. The zero-order chi connectivity index (χ0) is 18.7. The van der Waals surface area contributed by atoms with E-state index in [0.717, 1.165) is 36.0 Å². The Morgan fingerprint density at radius 3 is 1.96 bits per heavy atom. The highest BCUT2D eigenvalue weighted by Crippen LogP contribution is 2.48. The normalized spacial score (nSPS) is 31.1. The van der Waals surface area contributed by atoms with Gasteiger partial charge in [0.1, 0.15) is 0 Å². The van der Waals surface area contributed by atoms with Crippen LogP contribution in [0, 0.1) is 35.5 Å². The van der Waals surface area contributed by atoms with Gasteiger partial charge < -0.3 is 10.0 Å². The first-order valence-electron chi connectivity index (χ1n) is 10.7. The molecule has 0 aromatic carbocycles. The molecule has 3 heteroatoms. The van der Waals surface area contributed by atoms with Gasteiger partial charge in [-0.05, 0) is 48.2 Å². The Bertz CT molecular complexity index is 294. The predicted octanol–water partition coefficient (Wildman–Crippen LogP) is 6.03. The molecule has 0 aromatic heterocycles. The van der Waals surface area contributed by atoms with Crippen LogP contribution in [0.2, 0.25) is 6.32 Å². The fourth-order valence-electron chi connectivity index (χ4n) is 4.84. The molecule has 0 radical (unpaired) electrons. The lowest BCUT2D eigenvalue weighted by atomic mass is 9.57. The highest BCUT2D eigenvalue weighted by molar-refractivity contribution is 6.40. The lowest BCUT2D eigenvalue weighted by Gasteiger charge is -2.47. The van der Waals surface area contributed by atoms with Gasteiger partial charge >= 0.3 is 7.12 Å². The van der Waals surface area contributed by atoms with Gasteiger partial charge in [-0.3, -0.25) is 0 Å². The molecule has 0 heterocycles. The first-order chi connectivity index (χ1) is 11.3. The van der Waals surface area contributed by atoms with E-state index < -0.39 is 7.12 Å². The van der Waals surface area contributed by atoms with Crippen LogP contribution in [-0.2, 0) is 0 Å². The first-order valence-corrected chi connectivity index (χ1v) is 10.7. The summed E-state index contributed by atoms with van der Waals surface area (Å²) in [5.74, 6) is 4.70. The largest absolute Gasteiger partial charge is 0.451 e. The number of hydrogen-bond donors (Lipinski definition) is 2. The Morgan fingerprint density at radius 1 is 0.958 bits per heavy atom. The summed E-state index contributed by atoms with van der Waals surface area (Å²) in [6, 6.07) is 0. The Kier molecular flexibility index (Phi) is 13.2. The Balaban J connectivity index is 0.00000118. The quantitative estimate of drug-likeness (QED) is 0.530. The standard InChI is InChI=1S/C17H35BO2.C4H10/c1-6-8-16-14(5)17(11-13(4)15(16)7-2)12(3)9-10-18(19)20;1-3-4-2/h12-17,19-20H,6-11H2,1-5H3;3-4H2,1-2H3. The van der Waals surface area contributed by atoms with E-state index in [1.807, 2.05) is 0 Å². The van der Waals surface area contributed by atoms with Crippen LogP contribution in [-0.4, -0.2) is 17.2 Å². The highest BCUT2D eigenvalue weighted by Gasteiger charge is 2.41. The van der Waals surface area contributed by atoms with Crippen LogP contribution in [0.1, 0.15) is 93.4 Å². The van der Waals surface area contributed by atoms with Crippen LogP contribution in [0.5, 0.6) is 0 Å². The van der Waals surface area contributed by atoms with E-state index in [2.05, 4.69) is 48.5 Å². The highest BCUT2D eigenvalue weighted by atomic mass is 16.4. The molecule has 1 aliphatic carbocycles. The van der Waals surface area contributed by atoms with Gasteiger partial charge in [0.25, 0.3) is 0 Å². The van der Waals surface area contributed by atoms with Crippen LogP contribution < -0.4 is 0 Å². The first kappa shape index (κ1) is 24.0. The molecule has 0 saturated heterocycles. The van der Waals surface area contributed by atoms with Crippen LogP contribution in [0.3, 0.4) is 0 Å². The average Bonchev–Trinajstić information content (AvgIpc) is 2.56. The maximum Gasteiger partial charge on any atom is 0.451 e. The molecule has 0 bridgehead atoms. The van der Waals surface area contributed by atoms with E-state index in [9.17, 15) is 0 Å². The smallest absolute Gasteiger partial charge is 0.427 e. The van der Waals surface area contributed by atoms with Crippen LogP contribution >= 0.6 is 0 Å². The molecule has 1 fully saturated rings. The molecular formula is C21H45BO2. The fraction of sp³-hybridized carbons (Fsp3) is 1.00. The maximum absolute atomic E-state index is 9.09. The molecule has 144 valence electrons. The van der Waals surface area contributed by atoms with Crippen LogP contribution in [0.15, 0.2) is 0 Å². The van der Waals surface area contributed by atoms with Crippen molar-refractivity contribution in [2.75, 3.05) is 0 Å². The molecule has 24 heavy (non-hydrogen) atoms. The van der Waals surface area contributed by atoms with Gasteiger partial charge in [0.15, 0.2) is 0 Å². The third-order valence-corrected chi connectivity index (χ3v) is 6.48. The monoisotopic (exact) mass is 340 g/mol. The van der Waals surface area contributed by atoms with Crippen molar-refractivity contribution in [3.8, 4) is 0 Å². The molecule has 0 aromatic rings. The topological polar surface area (TPSA) is 40.5 Å². The molecule has 1 rings (SSSR count). The van der Waals surface area contributed by atoms with E-state index in [4.69, 9.17) is 10.0 Å². The van der Waals surface area contributed by atoms with Crippen LogP contribution in [0.4, 0.5) is 0 Å². The van der Waals surface area contributed by atoms with E-state index >= 15 is 0 Å². The minimum atomic E-state index is -1.14. The third kappa shape index (κ3) is 7.91. The Morgan fingerprint density at radius 2 is 1.54 bits per heavy atom. The predicted molar refractivity (Wildman–Crippen MR) is 108 cm³/mol. The van der Waals surface area contributed by atoms with Crippen LogP contribution in [0.25, 0.3) is 0 Å². The van der Waals surface area contributed by atoms with Crippen molar-refractivity contribution in [2.24, 2.45) is 35.5 Å². The number of hydrogen-bond acceptors (Lipinski definition) is 2. The molecule has 6 atom stereocenters. The number of rotatable bonds is 8. The molecule has 0 spiro atoms. The van der Waals surface area contributed by atoms with Gasteiger partial charge in [0.05, 0.1) is 0 Å². The third-order valence-electron chi connectivity index (χ3n) is 6.48. The van der Waals surface area contributed by atoms with E-state index in [-0.39, 0.29) is 0 Å². The summed E-state index contributed by atoms with van der Waals surface area (Å²) in [7, 11) is -1.14. The summed E-state index contributed by atoms with van der Waals surface area (Å²) < 4.78 is 0. The van der Waals surface area contributed by atoms with E-state index in [0.29, 0.717) is 12.2 Å². The molecule has 0 amide bonds. The number of unbranched alkanes of at least 4 members (excludes halogenated alkanes) is 1. The Labute approximate surface area is 153 Å². The van der Waals surface area contributed by atoms with E-state index in [1.54, 1.807) is 0 Å². The second-order valence-corrected chi connectivity index (χ2v) is 8.30. The minimum Gasteiger partial charge on any atom is -0.427 e. The second kappa shape index (κ2) is 13.2. The van der Waals surface area contributed by atoms with Crippen molar-refractivity contribution in [1.82, 2.24) is 0 Å². The Hall–Kier alpha value is -0.0151. The van der Waals surface area contributed by atoms with Crippen molar-refractivity contribution >= 4 is 7.12 Å². The van der Waals surface area contributed by atoms with Gasteiger partial charge in [0.2, 0.25) is 0 Å². The minimum absolute atomic E-state index is 0.522. The van der Waals surface area contributed by atoms with Crippen molar-refractivity contribution in [1.29, 1.82) is 0 Å². The van der Waals surface area contributed by atoms with Crippen molar-refractivity contribution in [3.05, 3.63) is 0 Å². The second-order valence-electron chi connectivity index (χ2n) is 8.30. The molecule has 2 N–H and O–H groups in total. The van der Waals surface area contributed by atoms with Crippen molar-refractivity contribution in [3.63, 3.8) is 0 Å². The fourth-order valence-corrected chi connectivity index (χ4v) is 4.84. The molecular weight excluding hydrogens is 295 g/mol. The lowest BCUT2D eigenvalue weighted by molar-refractivity contribution is 0.0188. The average molecular weight is 340 g/mol. The molecule has 6 unspecified atom stereocenters. The molecule has 1 saturated carbocycles. The summed E-state index contributed by atoms with van der Waals surface area (Å²) in [5.41, 5.74) is 0. The summed E-state index contributed by atoms with van der Waals surface area (Å²) in [4.78, 5) is 0. The zero-order valence-corrected chi connectivity index (χ0v) is 17.6. The van der Waals surface area contributed by atoms with Gasteiger partial charge in [-0.15, -0.1) is 0 Å². The molecule has 2 nitrogen and oxygen atoms in total. The van der Waals surface area contributed by atoms with Gasteiger partial charge in [-0.2, -0.15) is 0 Å². The summed E-state index contributed by atoms with van der Waals surface area (Å²) in [6.45, 7) is 16.2. The maximum atomic E-state index is 9.09. The molecule has 1 aliphatic rings. The van der Waals surface area contributed by atoms with Gasteiger partial charge in [0, 0.05) is 0 Å². The summed E-state index contributed by atoms with van der Waals surface area (Å²) in [6.07, 6.45) is 9.38. The molecule has 0 aliphatic heterocycles. The summed E-state index contributed by atoms with van der Waals surface area (Å²) in [5, 5.41) is 18.2. The SMILES string of the molecule is CCCC.CCCC1C(C)C(C(C)CCB(O)O)CC(C)C1CC. The van der Waals surface area contributed by atoms with E-state index in [1.165, 1.54) is 38.5 Å². The van der Waals surface area contributed by atoms with Crippen molar-refractivity contribution < 1.29 is 10.0 Å². The van der Waals surface area contributed by atoms with Gasteiger partial charge in [-0.1, -0.05) is 87.0 Å². The van der Waals surface area contributed by atoms with Gasteiger partial charge in [-0.25, -0.2) is 0 Å². The summed E-state index contributed by atoms with van der Waals surface area (Å²) >= 11 is 0. The zero-order valence-electron chi connectivity index (χ0n) is 17.6. The van der Waals surface area contributed by atoms with Crippen molar-refractivity contribution in [2.45, 2.75) is 99.7 Å².